The highest BCUT2D eigenvalue weighted by Gasteiger charge is 2.15. The van der Waals surface area contributed by atoms with Crippen molar-refractivity contribution in [2.75, 3.05) is 74.8 Å². The molecule has 0 atom stereocenters. The third-order valence-electron chi connectivity index (χ3n) is 5.72. The summed E-state index contributed by atoms with van der Waals surface area (Å²) in [5, 5.41) is 14.9. The van der Waals surface area contributed by atoms with Crippen molar-refractivity contribution < 1.29 is 14.3 Å². The predicted molar refractivity (Wildman–Crippen MR) is 138 cm³/mol. The number of ether oxygens (including phenoxy) is 1. The molecule has 0 saturated carbocycles. The molecule has 1 aliphatic rings. The second-order valence-corrected chi connectivity index (χ2v) is 8.25. The zero-order chi connectivity index (χ0) is 24.2. The molecule has 3 rings (SSSR count). The molecule has 0 bridgehead atoms. The molecule has 1 saturated heterocycles. The number of piperidine rings is 1. The fraction of sp³-hybridized carbons (Fsp3) is 0.440. The van der Waals surface area contributed by atoms with Gasteiger partial charge in [0.05, 0.1) is 12.2 Å². The standard InChI is InChI=1S/C25H36N6O3/c1-26-19-7-6-8-20(17-19)29-25(33)30-21-9-10-23(22(18-21)24(32)28-12-16-34-2)27-11-15-31-13-4-3-5-14-31/h6-10,17-18,26-27H,3-5,11-16H2,1-2H3,(H,28,32)(H2,29,30,33). The van der Waals surface area contributed by atoms with Crippen LogP contribution in [0, 0.1) is 0 Å². The van der Waals surface area contributed by atoms with Crippen molar-refractivity contribution in [2.24, 2.45) is 0 Å². The Hall–Kier alpha value is -3.30. The molecule has 2 aromatic carbocycles. The van der Waals surface area contributed by atoms with Crippen molar-refractivity contribution in [3.63, 3.8) is 0 Å². The van der Waals surface area contributed by atoms with E-state index in [1.165, 1.54) is 19.3 Å². The highest BCUT2D eigenvalue weighted by Crippen LogP contribution is 2.22. The molecule has 2 aromatic rings. The molecular formula is C25H36N6O3. The van der Waals surface area contributed by atoms with Crippen LogP contribution >= 0.6 is 0 Å². The summed E-state index contributed by atoms with van der Waals surface area (Å²) in [6, 6.07) is 12.3. The SMILES string of the molecule is CNc1cccc(NC(=O)Nc2ccc(NCCN3CCCCC3)c(C(=O)NCCOC)c2)c1. The van der Waals surface area contributed by atoms with E-state index in [1.807, 2.05) is 37.4 Å². The van der Waals surface area contributed by atoms with Gasteiger partial charge in [-0.05, 0) is 62.3 Å². The van der Waals surface area contributed by atoms with Crippen LogP contribution in [0.4, 0.5) is 27.5 Å². The van der Waals surface area contributed by atoms with E-state index in [-0.39, 0.29) is 11.9 Å². The van der Waals surface area contributed by atoms with Crippen LogP contribution in [0.15, 0.2) is 42.5 Å². The maximum absolute atomic E-state index is 12.9. The van der Waals surface area contributed by atoms with Crippen molar-refractivity contribution in [1.82, 2.24) is 10.2 Å². The molecule has 0 spiro atoms. The summed E-state index contributed by atoms with van der Waals surface area (Å²) in [5.74, 6) is -0.219. The number of nitrogens with one attached hydrogen (secondary N) is 5. The summed E-state index contributed by atoms with van der Waals surface area (Å²) < 4.78 is 5.03. The van der Waals surface area contributed by atoms with Crippen LogP contribution in [-0.4, -0.2) is 70.3 Å². The number of benzene rings is 2. The lowest BCUT2D eigenvalue weighted by atomic mass is 10.1. The Balaban J connectivity index is 1.65. The van der Waals surface area contributed by atoms with Gasteiger partial charge >= 0.3 is 6.03 Å². The third-order valence-corrected chi connectivity index (χ3v) is 5.72. The number of methoxy groups -OCH3 is 1. The topological polar surface area (TPSA) is 107 Å². The second-order valence-electron chi connectivity index (χ2n) is 8.25. The lowest BCUT2D eigenvalue weighted by Crippen LogP contribution is -2.34. The number of carbonyl (C=O) groups is 2. The molecule has 5 N–H and O–H groups in total. The van der Waals surface area contributed by atoms with Gasteiger partial charge in [-0.15, -0.1) is 0 Å². The fourth-order valence-corrected chi connectivity index (χ4v) is 3.90. The first-order valence-corrected chi connectivity index (χ1v) is 11.8. The van der Waals surface area contributed by atoms with Gasteiger partial charge in [0.2, 0.25) is 0 Å². The van der Waals surface area contributed by atoms with Crippen LogP contribution in [0.5, 0.6) is 0 Å². The van der Waals surface area contributed by atoms with Crippen molar-refractivity contribution in [3.05, 3.63) is 48.0 Å². The molecule has 0 radical (unpaired) electrons. The Morgan fingerprint density at radius 2 is 1.68 bits per heavy atom. The van der Waals surface area contributed by atoms with E-state index in [2.05, 4.69) is 31.5 Å². The van der Waals surface area contributed by atoms with Crippen LogP contribution in [0.1, 0.15) is 29.6 Å². The average molecular weight is 469 g/mol. The van der Waals surface area contributed by atoms with E-state index in [9.17, 15) is 9.59 Å². The van der Waals surface area contributed by atoms with E-state index in [4.69, 9.17) is 4.74 Å². The van der Waals surface area contributed by atoms with E-state index in [0.29, 0.717) is 30.1 Å². The Bertz CT molecular complexity index is 946. The number of hydrogen-bond acceptors (Lipinski definition) is 6. The Kier molecular flexibility index (Phi) is 9.99. The number of carbonyl (C=O) groups excluding carboxylic acids is 2. The van der Waals surface area contributed by atoms with Gasteiger partial charge in [0.25, 0.3) is 5.91 Å². The molecule has 1 aliphatic heterocycles. The number of nitrogens with zero attached hydrogens (tertiary/aromatic N) is 1. The van der Waals surface area contributed by atoms with Crippen LogP contribution in [-0.2, 0) is 4.74 Å². The Morgan fingerprint density at radius 1 is 0.941 bits per heavy atom. The van der Waals surface area contributed by atoms with Gasteiger partial charge in [-0.1, -0.05) is 12.5 Å². The zero-order valence-electron chi connectivity index (χ0n) is 20.1. The summed E-state index contributed by atoms with van der Waals surface area (Å²) in [5.41, 5.74) is 3.30. The van der Waals surface area contributed by atoms with Gasteiger partial charge in [0.15, 0.2) is 0 Å². The van der Waals surface area contributed by atoms with Gasteiger partial charge in [-0.2, -0.15) is 0 Å². The number of anilines is 4. The van der Waals surface area contributed by atoms with Gasteiger partial charge in [-0.3, -0.25) is 4.79 Å². The summed E-state index contributed by atoms with van der Waals surface area (Å²) in [6.45, 7) is 4.76. The molecule has 1 heterocycles. The Morgan fingerprint density at radius 3 is 2.41 bits per heavy atom. The minimum Gasteiger partial charge on any atom is -0.388 e. The lowest BCUT2D eigenvalue weighted by molar-refractivity contribution is 0.0938. The molecule has 0 aromatic heterocycles. The summed E-state index contributed by atoms with van der Waals surface area (Å²) in [6.07, 6.45) is 3.79. The van der Waals surface area contributed by atoms with Gasteiger partial charge in [0, 0.05) is 56.5 Å². The first-order chi connectivity index (χ1) is 16.6. The normalized spacial score (nSPS) is 13.7. The Labute approximate surface area is 201 Å². The summed E-state index contributed by atoms with van der Waals surface area (Å²) in [7, 11) is 3.41. The minimum atomic E-state index is -0.384. The van der Waals surface area contributed by atoms with E-state index >= 15 is 0 Å². The van der Waals surface area contributed by atoms with E-state index in [1.54, 1.807) is 19.2 Å². The van der Waals surface area contributed by atoms with E-state index < -0.39 is 0 Å². The number of likely N-dealkylation sites (tertiary alicyclic amines) is 1. The van der Waals surface area contributed by atoms with Gasteiger partial charge in [-0.25, -0.2) is 4.79 Å². The highest BCUT2D eigenvalue weighted by molar-refractivity contribution is 6.04. The maximum Gasteiger partial charge on any atom is 0.323 e. The zero-order valence-corrected chi connectivity index (χ0v) is 20.1. The van der Waals surface area contributed by atoms with Crippen LogP contribution < -0.4 is 26.6 Å². The molecule has 9 heteroatoms. The van der Waals surface area contributed by atoms with Crippen molar-refractivity contribution in [2.45, 2.75) is 19.3 Å². The van der Waals surface area contributed by atoms with E-state index in [0.717, 1.165) is 37.6 Å². The number of urea groups is 1. The van der Waals surface area contributed by atoms with Gasteiger partial charge in [0.1, 0.15) is 0 Å². The fourth-order valence-electron chi connectivity index (χ4n) is 3.90. The molecule has 3 amide bonds. The molecular weight excluding hydrogens is 432 g/mol. The maximum atomic E-state index is 12.9. The average Bonchev–Trinajstić information content (AvgIpc) is 2.85. The number of hydrogen-bond donors (Lipinski definition) is 5. The molecule has 1 fully saturated rings. The summed E-state index contributed by atoms with van der Waals surface area (Å²) >= 11 is 0. The molecule has 9 nitrogen and oxygen atoms in total. The monoisotopic (exact) mass is 468 g/mol. The second kappa shape index (κ2) is 13.4. The summed E-state index contributed by atoms with van der Waals surface area (Å²) in [4.78, 5) is 27.8. The lowest BCUT2D eigenvalue weighted by Gasteiger charge is -2.26. The first-order valence-electron chi connectivity index (χ1n) is 11.8. The van der Waals surface area contributed by atoms with Crippen molar-refractivity contribution in [3.8, 4) is 0 Å². The molecule has 0 aliphatic carbocycles. The van der Waals surface area contributed by atoms with Crippen molar-refractivity contribution in [1.29, 1.82) is 0 Å². The van der Waals surface area contributed by atoms with Crippen LogP contribution in [0.3, 0.4) is 0 Å². The first kappa shape index (κ1) is 25.3. The largest absolute Gasteiger partial charge is 0.388 e. The van der Waals surface area contributed by atoms with Crippen LogP contribution in [0.2, 0.25) is 0 Å². The highest BCUT2D eigenvalue weighted by atomic mass is 16.5. The quantitative estimate of drug-likeness (QED) is 0.322. The molecule has 34 heavy (non-hydrogen) atoms. The predicted octanol–water partition coefficient (Wildman–Crippen LogP) is 3.65. The number of amides is 3. The van der Waals surface area contributed by atoms with Gasteiger partial charge < -0.3 is 36.2 Å². The smallest absolute Gasteiger partial charge is 0.323 e. The molecule has 184 valence electrons. The van der Waals surface area contributed by atoms with Crippen LogP contribution in [0.25, 0.3) is 0 Å². The number of rotatable bonds is 11. The third kappa shape index (κ3) is 7.93. The van der Waals surface area contributed by atoms with Crippen molar-refractivity contribution >= 4 is 34.7 Å². The molecule has 0 unspecified atom stereocenters. The minimum absolute atomic E-state index is 0.219.